The Bertz CT molecular complexity index is 801. The molecule has 0 saturated carbocycles. The number of carbonyl (C=O) groups excluding carboxylic acids is 2. The van der Waals surface area contributed by atoms with Gasteiger partial charge in [-0.3, -0.25) is 14.5 Å². The normalized spacial score (nSPS) is 15.8. The molecule has 0 aromatic heterocycles. The fourth-order valence-corrected chi connectivity index (χ4v) is 3.24. The Hall–Kier alpha value is -2.66. The fourth-order valence-electron chi connectivity index (χ4n) is 3.24. The Kier molecular flexibility index (Phi) is 5.38. The Morgan fingerprint density at radius 1 is 1.15 bits per heavy atom. The van der Waals surface area contributed by atoms with Gasteiger partial charge < -0.3 is 10.2 Å². The van der Waals surface area contributed by atoms with Crippen LogP contribution in [0.5, 0.6) is 0 Å². The van der Waals surface area contributed by atoms with Crippen molar-refractivity contribution in [1.82, 2.24) is 0 Å². The lowest BCUT2D eigenvalue weighted by Gasteiger charge is -2.32. The van der Waals surface area contributed by atoms with Gasteiger partial charge in [-0.05, 0) is 31.0 Å². The molecule has 136 valence electrons. The molecule has 5 heteroatoms. The maximum atomic E-state index is 13.1. The van der Waals surface area contributed by atoms with Crippen molar-refractivity contribution in [2.45, 2.75) is 32.9 Å². The molecule has 0 bridgehead atoms. The summed E-state index contributed by atoms with van der Waals surface area (Å²) in [7, 11) is 2.02. The molecule has 2 N–H and O–H groups in total. The van der Waals surface area contributed by atoms with E-state index in [2.05, 4.69) is 36.5 Å². The van der Waals surface area contributed by atoms with Crippen LogP contribution in [0.4, 0.5) is 11.4 Å². The zero-order valence-corrected chi connectivity index (χ0v) is 15.6. The second kappa shape index (κ2) is 7.70. The van der Waals surface area contributed by atoms with Crippen LogP contribution in [-0.4, -0.2) is 31.4 Å². The van der Waals surface area contributed by atoms with Crippen LogP contribution in [0.25, 0.3) is 0 Å². The maximum absolute atomic E-state index is 13.1. The van der Waals surface area contributed by atoms with Crippen molar-refractivity contribution in [3.05, 3.63) is 59.7 Å². The molecule has 0 radical (unpaired) electrons. The number of carbonyl (C=O) groups is 2. The van der Waals surface area contributed by atoms with Gasteiger partial charge in [0.25, 0.3) is 5.91 Å². The van der Waals surface area contributed by atoms with Gasteiger partial charge in [-0.1, -0.05) is 43.3 Å². The number of hydrogen-bond donors (Lipinski definition) is 2. The van der Waals surface area contributed by atoms with Crippen molar-refractivity contribution >= 4 is 23.2 Å². The van der Waals surface area contributed by atoms with E-state index in [1.807, 2.05) is 38.2 Å². The summed E-state index contributed by atoms with van der Waals surface area (Å²) in [6.45, 7) is 4.89. The van der Waals surface area contributed by atoms with E-state index < -0.39 is 0 Å². The molecule has 0 saturated heterocycles. The molecule has 3 rings (SSSR count). The predicted octanol–water partition coefficient (Wildman–Crippen LogP) is 1.64. The molecule has 2 aromatic carbocycles. The van der Waals surface area contributed by atoms with Gasteiger partial charge in [0.15, 0.2) is 6.04 Å². The smallest absolute Gasteiger partial charge is 0.285 e. The van der Waals surface area contributed by atoms with E-state index in [1.165, 1.54) is 11.1 Å². The number of nitrogens with zero attached hydrogens (tertiary/aromatic N) is 1. The average molecular weight is 352 g/mol. The molecule has 2 aromatic rings. The number of hydrogen-bond acceptors (Lipinski definition) is 2. The summed E-state index contributed by atoms with van der Waals surface area (Å²) in [5, 5.41) is 2.82. The quantitative estimate of drug-likeness (QED) is 0.860. The van der Waals surface area contributed by atoms with Gasteiger partial charge in [0.1, 0.15) is 13.1 Å². The third-order valence-corrected chi connectivity index (χ3v) is 5.06. The van der Waals surface area contributed by atoms with Crippen LogP contribution in [0.3, 0.4) is 0 Å². The summed E-state index contributed by atoms with van der Waals surface area (Å²) in [5.41, 5.74) is 3.98. The van der Waals surface area contributed by atoms with E-state index in [4.69, 9.17) is 0 Å². The molecular weight excluding hydrogens is 326 g/mol. The monoisotopic (exact) mass is 352 g/mol. The number of likely N-dealkylation sites (N-methyl/N-ethyl adjacent to an activating group) is 1. The zero-order chi connectivity index (χ0) is 18.7. The Balaban J connectivity index is 1.73. The second-order valence-corrected chi connectivity index (χ2v) is 6.90. The molecule has 26 heavy (non-hydrogen) atoms. The highest BCUT2D eigenvalue weighted by molar-refractivity contribution is 6.10. The van der Waals surface area contributed by atoms with E-state index >= 15 is 0 Å². The van der Waals surface area contributed by atoms with Crippen LogP contribution in [0.1, 0.15) is 25.0 Å². The van der Waals surface area contributed by atoms with Crippen molar-refractivity contribution in [2.75, 3.05) is 23.8 Å². The number of benzene rings is 2. The lowest BCUT2D eigenvalue weighted by Crippen LogP contribution is -3.12. The summed E-state index contributed by atoms with van der Waals surface area (Å²) in [6.07, 6.45) is 1.02. The lowest BCUT2D eigenvalue weighted by atomic mass is 10.1. The third kappa shape index (κ3) is 3.78. The molecule has 0 aliphatic carbocycles. The summed E-state index contributed by atoms with van der Waals surface area (Å²) in [6, 6.07) is 15.7. The molecule has 2 amide bonds. The van der Waals surface area contributed by atoms with Crippen LogP contribution in [0.2, 0.25) is 0 Å². The van der Waals surface area contributed by atoms with Crippen LogP contribution < -0.4 is 15.1 Å². The number of nitrogens with one attached hydrogen (secondary N) is 2. The first kappa shape index (κ1) is 18.1. The van der Waals surface area contributed by atoms with E-state index in [0.717, 1.165) is 23.6 Å². The minimum Gasteiger partial charge on any atom is -0.324 e. The molecule has 1 aliphatic rings. The van der Waals surface area contributed by atoms with Gasteiger partial charge in [-0.15, -0.1) is 0 Å². The van der Waals surface area contributed by atoms with Crippen molar-refractivity contribution < 1.29 is 14.5 Å². The first-order valence-electron chi connectivity index (χ1n) is 9.10. The molecule has 1 unspecified atom stereocenters. The average Bonchev–Trinajstić information content (AvgIpc) is 2.66. The number of para-hydroxylation sites is 2. The standard InChI is InChI=1S/C21H25N3O2/c1-4-16-9-11-17(12-10-16)13-23(3)15(2)21(26)24-14-20(25)22-18-7-5-6-8-19(18)24/h5-12,15H,4,13-14H2,1-3H3,(H,22,25)/p+1/t15-/m1/s1. The van der Waals surface area contributed by atoms with E-state index in [1.54, 1.807) is 4.90 Å². The second-order valence-electron chi connectivity index (χ2n) is 6.90. The minimum absolute atomic E-state index is 0.0324. The summed E-state index contributed by atoms with van der Waals surface area (Å²) >= 11 is 0. The molecule has 2 atom stereocenters. The van der Waals surface area contributed by atoms with Gasteiger partial charge in [-0.2, -0.15) is 0 Å². The molecule has 0 fully saturated rings. The maximum Gasteiger partial charge on any atom is 0.285 e. The summed E-state index contributed by atoms with van der Waals surface area (Å²) in [4.78, 5) is 27.7. The summed E-state index contributed by atoms with van der Waals surface area (Å²) < 4.78 is 0. The number of amides is 2. The highest BCUT2D eigenvalue weighted by Crippen LogP contribution is 2.29. The van der Waals surface area contributed by atoms with Gasteiger partial charge in [0, 0.05) is 5.56 Å². The Morgan fingerprint density at radius 3 is 2.50 bits per heavy atom. The van der Waals surface area contributed by atoms with Crippen molar-refractivity contribution in [1.29, 1.82) is 0 Å². The highest BCUT2D eigenvalue weighted by Gasteiger charge is 2.33. The molecule has 1 aliphatic heterocycles. The first-order chi connectivity index (χ1) is 12.5. The minimum atomic E-state index is -0.250. The third-order valence-electron chi connectivity index (χ3n) is 5.06. The number of aryl methyl sites for hydroxylation is 1. The first-order valence-corrected chi connectivity index (χ1v) is 9.10. The predicted molar refractivity (Wildman–Crippen MR) is 103 cm³/mol. The zero-order valence-electron chi connectivity index (χ0n) is 15.6. The topological polar surface area (TPSA) is 53.9 Å². The van der Waals surface area contributed by atoms with Crippen LogP contribution in [-0.2, 0) is 22.6 Å². The SMILES string of the molecule is CCc1ccc(C[NH+](C)[C@H](C)C(=O)N2CC(=O)Nc3ccccc32)cc1. The van der Waals surface area contributed by atoms with Gasteiger partial charge in [0.2, 0.25) is 5.91 Å². The largest absolute Gasteiger partial charge is 0.324 e. The van der Waals surface area contributed by atoms with E-state index in [9.17, 15) is 9.59 Å². The number of quaternary nitrogens is 1. The van der Waals surface area contributed by atoms with Gasteiger partial charge in [-0.25, -0.2) is 0 Å². The van der Waals surface area contributed by atoms with Crippen molar-refractivity contribution in [3.63, 3.8) is 0 Å². The van der Waals surface area contributed by atoms with E-state index in [0.29, 0.717) is 5.69 Å². The van der Waals surface area contributed by atoms with Crippen LogP contribution in [0, 0.1) is 0 Å². The van der Waals surface area contributed by atoms with Gasteiger partial charge >= 0.3 is 0 Å². The number of anilines is 2. The highest BCUT2D eigenvalue weighted by atomic mass is 16.2. The molecule has 5 nitrogen and oxygen atoms in total. The molecule has 0 spiro atoms. The molecule has 1 heterocycles. The number of fused-ring (bicyclic) bond motifs is 1. The van der Waals surface area contributed by atoms with Crippen molar-refractivity contribution in [2.24, 2.45) is 0 Å². The van der Waals surface area contributed by atoms with Crippen LogP contribution >= 0.6 is 0 Å². The Morgan fingerprint density at radius 2 is 1.81 bits per heavy atom. The summed E-state index contributed by atoms with van der Waals surface area (Å²) in [5.74, 6) is -0.188. The van der Waals surface area contributed by atoms with Crippen molar-refractivity contribution in [3.8, 4) is 0 Å². The van der Waals surface area contributed by atoms with E-state index in [-0.39, 0.29) is 24.4 Å². The molecular formula is C21H26N3O2+. The Labute approximate surface area is 154 Å². The van der Waals surface area contributed by atoms with Crippen LogP contribution in [0.15, 0.2) is 48.5 Å². The fraction of sp³-hybridized carbons (Fsp3) is 0.333. The van der Waals surface area contributed by atoms with Gasteiger partial charge in [0.05, 0.1) is 18.4 Å². The lowest BCUT2D eigenvalue weighted by molar-refractivity contribution is -0.908. The number of rotatable bonds is 5.